The van der Waals surface area contributed by atoms with E-state index in [1.54, 1.807) is 0 Å². The number of benzene rings is 2. The Morgan fingerprint density at radius 3 is 2.62 bits per heavy atom. The molecule has 4 nitrogen and oxygen atoms in total. The van der Waals surface area contributed by atoms with E-state index in [4.69, 9.17) is 9.84 Å². The van der Waals surface area contributed by atoms with Gasteiger partial charge in [0, 0.05) is 6.54 Å². The third-order valence-electron chi connectivity index (χ3n) is 2.86. The minimum Gasteiger partial charge on any atom is -0.494 e. The molecule has 0 aliphatic carbocycles. The summed E-state index contributed by atoms with van der Waals surface area (Å²) >= 11 is 0. The average molecular weight is 289 g/mol. The van der Waals surface area contributed by atoms with Gasteiger partial charge in [0.1, 0.15) is 11.6 Å². The van der Waals surface area contributed by atoms with Crippen LogP contribution < -0.4 is 10.1 Å². The van der Waals surface area contributed by atoms with E-state index in [0.717, 1.165) is 11.8 Å². The maximum atomic E-state index is 13.6. The van der Waals surface area contributed by atoms with E-state index in [1.165, 1.54) is 12.1 Å². The van der Waals surface area contributed by atoms with Gasteiger partial charge in [-0.1, -0.05) is 18.2 Å². The predicted octanol–water partition coefficient (Wildman–Crippen LogP) is 3.40. The summed E-state index contributed by atoms with van der Waals surface area (Å²) in [6.45, 7) is 1.06. The fraction of sp³-hybridized carbons (Fsp3) is 0.188. The zero-order valence-corrected chi connectivity index (χ0v) is 11.4. The number of nitrogens with one attached hydrogen (secondary N) is 1. The Hall–Kier alpha value is -2.56. The molecule has 0 aromatic heterocycles. The summed E-state index contributed by atoms with van der Waals surface area (Å²) in [7, 11) is 0. The number of carboxylic acid groups (broad SMARTS) is 1. The van der Waals surface area contributed by atoms with Crippen LogP contribution in [0.3, 0.4) is 0 Å². The number of rotatable bonds is 7. The molecule has 0 spiro atoms. The van der Waals surface area contributed by atoms with Crippen molar-refractivity contribution in [3.63, 3.8) is 0 Å². The van der Waals surface area contributed by atoms with Gasteiger partial charge >= 0.3 is 5.97 Å². The highest BCUT2D eigenvalue weighted by Gasteiger charge is 2.07. The Balaban J connectivity index is 1.75. The lowest BCUT2D eigenvalue weighted by Gasteiger charge is -2.09. The number of hydrogen-bond donors (Lipinski definition) is 2. The molecule has 0 radical (unpaired) electrons. The van der Waals surface area contributed by atoms with Crippen molar-refractivity contribution in [3.8, 4) is 5.75 Å². The zero-order chi connectivity index (χ0) is 15.1. The van der Waals surface area contributed by atoms with Gasteiger partial charge < -0.3 is 15.2 Å². The lowest BCUT2D eigenvalue weighted by atomic mass is 10.2. The highest BCUT2D eigenvalue weighted by molar-refractivity contribution is 5.88. The standard InChI is InChI=1S/C16H16FNO3/c17-14-11-12(16(19)20)7-8-15(14)18-9-4-10-21-13-5-2-1-3-6-13/h1-3,5-8,11,18H,4,9-10H2,(H,19,20). The smallest absolute Gasteiger partial charge is 0.335 e. The maximum Gasteiger partial charge on any atom is 0.335 e. The van der Waals surface area contributed by atoms with Gasteiger partial charge in [-0.05, 0) is 36.8 Å². The van der Waals surface area contributed by atoms with Gasteiger partial charge in [0.25, 0.3) is 0 Å². The number of hydrogen-bond acceptors (Lipinski definition) is 3. The minimum atomic E-state index is -1.14. The Kier molecular flexibility index (Phi) is 5.15. The van der Waals surface area contributed by atoms with E-state index in [1.807, 2.05) is 30.3 Å². The van der Waals surface area contributed by atoms with E-state index < -0.39 is 11.8 Å². The van der Waals surface area contributed by atoms with Gasteiger partial charge in [0.2, 0.25) is 0 Å². The summed E-state index contributed by atoms with van der Waals surface area (Å²) in [6.07, 6.45) is 0.703. The first-order valence-electron chi connectivity index (χ1n) is 6.61. The first-order chi connectivity index (χ1) is 10.2. The number of halogens is 1. The molecule has 0 unspecified atom stereocenters. The molecule has 0 aliphatic heterocycles. The van der Waals surface area contributed by atoms with Gasteiger partial charge in [-0.15, -0.1) is 0 Å². The summed E-state index contributed by atoms with van der Waals surface area (Å²) in [6, 6.07) is 13.3. The molecule has 0 aliphatic rings. The molecule has 0 bridgehead atoms. The average Bonchev–Trinajstić information content (AvgIpc) is 2.49. The molecule has 2 rings (SSSR count). The highest BCUT2D eigenvalue weighted by atomic mass is 19.1. The van der Waals surface area contributed by atoms with Crippen molar-refractivity contribution in [1.29, 1.82) is 0 Å². The lowest BCUT2D eigenvalue weighted by Crippen LogP contribution is -2.09. The van der Waals surface area contributed by atoms with Crippen LogP contribution in [0.1, 0.15) is 16.8 Å². The lowest BCUT2D eigenvalue weighted by molar-refractivity contribution is 0.0696. The van der Waals surface area contributed by atoms with E-state index in [2.05, 4.69) is 5.32 Å². The number of ether oxygens (including phenoxy) is 1. The van der Waals surface area contributed by atoms with Crippen LogP contribution in [-0.4, -0.2) is 24.2 Å². The summed E-state index contributed by atoms with van der Waals surface area (Å²) < 4.78 is 19.1. The van der Waals surface area contributed by atoms with E-state index in [0.29, 0.717) is 25.3 Å². The summed E-state index contributed by atoms with van der Waals surface area (Å²) in [5, 5.41) is 11.7. The Bertz CT molecular complexity index is 602. The van der Waals surface area contributed by atoms with E-state index in [9.17, 15) is 9.18 Å². The van der Waals surface area contributed by atoms with Crippen molar-refractivity contribution in [3.05, 3.63) is 59.9 Å². The second-order valence-corrected chi connectivity index (χ2v) is 4.44. The molecule has 21 heavy (non-hydrogen) atoms. The topological polar surface area (TPSA) is 58.6 Å². The molecule has 2 aromatic rings. The van der Waals surface area contributed by atoms with Gasteiger partial charge in [0.05, 0.1) is 17.9 Å². The van der Waals surface area contributed by atoms with Crippen LogP contribution in [0, 0.1) is 5.82 Å². The van der Waals surface area contributed by atoms with Crippen molar-refractivity contribution in [2.75, 3.05) is 18.5 Å². The van der Waals surface area contributed by atoms with Crippen molar-refractivity contribution < 1.29 is 19.0 Å². The fourth-order valence-electron chi connectivity index (χ4n) is 1.79. The van der Waals surface area contributed by atoms with Gasteiger partial charge in [-0.3, -0.25) is 0 Å². The molecular formula is C16H16FNO3. The highest BCUT2D eigenvalue weighted by Crippen LogP contribution is 2.16. The molecule has 0 saturated carbocycles. The van der Waals surface area contributed by atoms with E-state index in [-0.39, 0.29) is 5.56 Å². The van der Waals surface area contributed by atoms with Crippen LogP contribution in [0.25, 0.3) is 0 Å². The number of aromatic carboxylic acids is 1. The van der Waals surface area contributed by atoms with Gasteiger partial charge in [0.15, 0.2) is 0 Å². The first-order valence-corrected chi connectivity index (χ1v) is 6.61. The van der Waals surface area contributed by atoms with Crippen LogP contribution in [0.2, 0.25) is 0 Å². The van der Waals surface area contributed by atoms with Crippen molar-refractivity contribution >= 4 is 11.7 Å². The number of carbonyl (C=O) groups is 1. The molecule has 0 saturated heterocycles. The third-order valence-corrected chi connectivity index (χ3v) is 2.86. The molecule has 2 N–H and O–H groups in total. The SMILES string of the molecule is O=C(O)c1ccc(NCCCOc2ccccc2)c(F)c1. The Labute approximate surface area is 122 Å². The Morgan fingerprint density at radius 2 is 1.95 bits per heavy atom. The molecule has 0 atom stereocenters. The third kappa shape index (κ3) is 4.49. The largest absolute Gasteiger partial charge is 0.494 e. The number of carboxylic acids is 1. The molecule has 5 heteroatoms. The summed E-state index contributed by atoms with van der Waals surface area (Å²) in [4.78, 5) is 10.7. The van der Waals surface area contributed by atoms with Crippen molar-refractivity contribution in [2.24, 2.45) is 0 Å². The first kappa shape index (κ1) is 14.8. The van der Waals surface area contributed by atoms with Crippen LogP contribution >= 0.6 is 0 Å². The molecular weight excluding hydrogens is 273 g/mol. The van der Waals surface area contributed by atoms with Crippen LogP contribution in [-0.2, 0) is 0 Å². The molecule has 0 amide bonds. The van der Waals surface area contributed by atoms with Crippen LogP contribution in [0.15, 0.2) is 48.5 Å². The fourth-order valence-corrected chi connectivity index (χ4v) is 1.79. The molecule has 2 aromatic carbocycles. The predicted molar refractivity (Wildman–Crippen MR) is 78.4 cm³/mol. The molecule has 110 valence electrons. The monoisotopic (exact) mass is 289 g/mol. The summed E-state index contributed by atoms with van der Waals surface area (Å²) in [5.74, 6) is -0.912. The molecule has 0 fully saturated rings. The van der Waals surface area contributed by atoms with Crippen LogP contribution in [0.4, 0.5) is 10.1 Å². The minimum absolute atomic E-state index is 0.0644. The van der Waals surface area contributed by atoms with Crippen LogP contribution in [0.5, 0.6) is 5.75 Å². The van der Waals surface area contributed by atoms with Gasteiger partial charge in [-0.2, -0.15) is 0 Å². The van der Waals surface area contributed by atoms with Crippen molar-refractivity contribution in [1.82, 2.24) is 0 Å². The Morgan fingerprint density at radius 1 is 1.19 bits per heavy atom. The normalized spacial score (nSPS) is 10.1. The van der Waals surface area contributed by atoms with Crippen molar-refractivity contribution in [2.45, 2.75) is 6.42 Å². The second-order valence-electron chi connectivity index (χ2n) is 4.44. The number of para-hydroxylation sites is 1. The maximum absolute atomic E-state index is 13.6. The number of anilines is 1. The summed E-state index contributed by atoms with van der Waals surface area (Å²) in [5.41, 5.74) is 0.227. The van der Waals surface area contributed by atoms with Gasteiger partial charge in [-0.25, -0.2) is 9.18 Å². The molecule has 0 heterocycles. The second kappa shape index (κ2) is 7.28. The van der Waals surface area contributed by atoms with E-state index >= 15 is 0 Å². The zero-order valence-electron chi connectivity index (χ0n) is 11.4. The quantitative estimate of drug-likeness (QED) is 0.767.